The van der Waals surface area contributed by atoms with Gasteiger partial charge in [0.25, 0.3) is 5.91 Å². The highest BCUT2D eigenvalue weighted by molar-refractivity contribution is 9.10. The van der Waals surface area contributed by atoms with Gasteiger partial charge in [-0.1, -0.05) is 15.9 Å². The second-order valence-electron chi connectivity index (χ2n) is 6.40. The van der Waals surface area contributed by atoms with Crippen LogP contribution in [0.3, 0.4) is 0 Å². The van der Waals surface area contributed by atoms with E-state index in [1.807, 2.05) is 38.1 Å². The lowest BCUT2D eigenvalue weighted by Crippen LogP contribution is -2.23. The van der Waals surface area contributed by atoms with E-state index >= 15 is 0 Å². The Labute approximate surface area is 161 Å². The first-order valence-corrected chi connectivity index (χ1v) is 9.33. The summed E-state index contributed by atoms with van der Waals surface area (Å²) >= 11 is 3.51. The molecule has 0 unspecified atom stereocenters. The van der Waals surface area contributed by atoms with Crippen LogP contribution < -0.4 is 15.0 Å². The molecule has 5 nitrogen and oxygen atoms in total. The van der Waals surface area contributed by atoms with E-state index in [4.69, 9.17) is 4.74 Å². The summed E-state index contributed by atoms with van der Waals surface area (Å²) in [6.45, 7) is 4.66. The predicted octanol–water partition coefficient (Wildman–Crippen LogP) is 4.21. The monoisotopic (exact) mass is 416 g/mol. The Morgan fingerprint density at radius 1 is 1.19 bits per heavy atom. The molecule has 0 saturated carbocycles. The van der Waals surface area contributed by atoms with Gasteiger partial charge < -0.3 is 15.0 Å². The topological polar surface area (TPSA) is 58.6 Å². The largest absolute Gasteiger partial charge is 0.484 e. The highest BCUT2D eigenvalue weighted by Gasteiger charge is 2.21. The summed E-state index contributed by atoms with van der Waals surface area (Å²) in [4.78, 5) is 25.6. The molecule has 6 heteroatoms. The first-order chi connectivity index (χ1) is 12.4. The highest BCUT2D eigenvalue weighted by atomic mass is 79.9. The molecule has 1 aliphatic heterocycles. The molecular weight excluding hydrogens is 396 g/mol. The number of ether oxygens (including phenoxy) is 1. The van der Waals surface area contributed by atoms with E-state index in [9.17, 15) is 9.59 Å². The van der Waals surface area contributed by atoms with E-state index < -0.39 is 0 Å². The van der Waals surface area contributed by atoms with E-state index in [-0.39, 0.29) is 18.4 Å². The number of nitrogens with zero attached hydrogens (tertiary/aromatic N) is 1. The van der Waals surface area contributed by atoms with Crippen molar-refractivity contribution in [2.45, 2.75) is 26.7 Å². The predicted molar refractivity (Wildman–Crippen MR) is 106 cm³/mol. The molecule has 0 radical (unpaired) electrons. The number of hydrogen-bond donors (Lipinski definition) is 1. The van der Waals surface area contributed by atoms with Gasteiger partial charge in [-0.3, -0.25) is 9.59 Å². The van der Waals surface area contributed by atoms with Crippen LogP contribution in [0.1, 0.15) is 24.0 Å². The van der Waals surface area contributed by atoms with Crippen molar-refractivity contribution >= 4 is 39.1 Å². The number of rotatable bonds is 5. The minimum absolute atomic E-state index is 0.0626. The fraction of sp³-hybridized carbons (Fsp3) is 0.300. The molecule has 136 valence electrons. The first-order valence-electron chi connectivity index (χ1n) is 8.54. The number of hydrogen-bond acceptors (Lipinski definition) is 3. The fourth-order valence-electron chi connectivity index (χ4n) is 2.98. The summed E-state index contributed by atoms with van der Waals surface area (Å²) in [5.74, 6) is 0.588. The summed E-state index contributed by atoms with van der Waals surface area (Å²) in [6, 6.07) is 11.1. The third-order valence-electron chi connectivity index (χ3n) is 4.32. The molecule has 1 fully saturated rings. The average molecular weight is 417 g/mol. The lowest BCUT2D eigenvalue weighted by molar-refractivity contribution is -0.118. The highest BCUT2D eigenvalue weighted by Crippen LogP contribution is 2.26. The number of nitrogens with one attached hydrogen (secondary N) is 1. The zero-order chi connectivity index (χ0) is 18.7. The maximum atomic E-state index is 12.1. The fourth-order valence-corrected chi connectivity index (χ4v) is 3.21. The average Bonchev–Trinajstić information content (AvgIpc) is 3.04. The Bertz CT molecular complexity index is 810. The standard InChI is InChI=1S/C20H21BrN2O3/c1-13-10-17(11-14(2)20(13)21)26-12-18(24)22-15-5-7-16(8-6-15)23-9-3-4-19(23)25/h5-8,10-11H,3-4,9,12H2,1-2H3,(H,22,24). The van der Waals surface area contributed by atoms with Gasteiger partial charge in [-0.25, -0.2) is 0 Å². The van der Waals surface area contributed by atoms with Crippen LogP contribution in [0.15, 0.2) is 40.9 Å². The third kappa shape index (κ3) is 4.25. The minimum Gasteiger partial charge on any atom is -0.484 e. The van der Waals surface area contributed by atoms with Crippen LogP contribution in [0.4, 0.5) is 11.4 Å². The van der Waals surface area contributed by atoms with E-state index in [0.29, 0.717) is 17.9 Å². The van der Waals surface area contributed by atoms with Gasteiger partial charge in [0.05, 0.1) is 0 Å². The van der Waals surface area contributed by atoms with Crippen molar-refractivity contribution in [3.63, 3.8) is 0 Å². The van der Waals surface area contributed by atoms with Crippen molar-refractivity contribution in [3.05, 3.63) is 52.0 Å². The van der Waals surface area contributed by atoms with Crippen LogP contribution in [0.2, 0.25) is 0 Å². The number of benzene rings is 2. The second-order valence-corrected chi connectivity index (χ2v) is 7.20. The summed E-state index contributed by atoms with van der Waals surface area (Å²) in [5.41, 5.74) is 3.67. The molecule has 0 aromatic heterocycles. The van der Waals surface area contributed by atoms with Crippen molar-refractivity contribution < 1.29 is 14.3 Å². The number of carbonyl (C=O) groups excluding carboxylic acids is 2. The Morgan fingerprint density at radius 3 is 2.42 bits per heavy atom. The van der Waals surface area contributed by atoms with Gasteiger partial charge in [0.2, 0.25) is 5.91 Å². The van der Waals surface area contributed by atoms with Gasteiger partial charge in [-0.05, 0) is 67.8 Å². The van der Waals surface area contributed by atoms with Crippen LogP contribution in [0.5, 0.6) is 5.75 Å². The Balaban J connectivity index is 1.56. The normalized spacial score (nSPS) is 13.8. The van der Waals surface area contributed by atoms with Crippen molar-refractivity contribution in [1.82, 2.24) is 0 Å². The van der Waals surface area contributed by atoms with Crippen molar-refractivity contribution in [2.75, 3.05) is 23.4 Å². The molecule has 0 atom stereocenters. The summed E-state index contributed by atoms with van der Waals surface area (Å²) in [7, 11) is 0. The van der Waals surface area contributed by atoms with Crippen LogP contribution in [-0.4, -0.2) is 25.0 Å². The quantitative estimate of drug-likeness (QED) is 0.793. The Hall–Kier alpha value is -2.34. The SMILES string of the molecule is Cc1cc(OCC(=O)Nc2ccc(N3CCCC3=O)cc2)cc(C)c1Br. The molecule has 3 rings (SSSR count). The van der Waals surface area contributed by atoms with E-state index in [1.54, 1.807) is 17.0 Å². The third-order valence-corrected chi connectivity index (χ3v) is 5.57. The van der Waals surface area contributed by atoms with Crippen molar-refractivity contribution in [2.24, 2.45) is 0 Å². The first kappa shape index (κ1) is 18.5. The van der Waals surface area contributed by atoms with E-state index in [0.717, 1.165) is 34.3 Å². The molecule has 1 aliphatic rings. The van der Waals surface area contributed by atoms with Gasteiger partial charge >= 0.3 is 0 Å². The number of anilines is 2. The molecule has 26 heavy (non-hydrogen) atoms. The van der Waals surface area contributed by atoms with Gasteiger partial charge in [-0.15, -0.1) is 0 Å². The molecule has 2 aromatic rings. The number of amides is 2. The molecule has 0 bridgehead atoms. The zero-order valence-corrected chi connectivity index (χ0v) is 16.4. The van der Waals surface area contributed by atoms with E-state index in [2.05, 4.69) is 21.2 Å². The molecule has 1 heterocycles. The number of halogens is 1. The molecule has 1 saturated heterocycles. The zero-order valence-electron chi connectivity index (χ0n) is 14.8. The molecule has 2 amide bonds. The molecule has 0 aliphatic carbocycles. The Morgan fingerprint density at radius 2 is 1.85 bits per heavy atom. The molecule has 1 N–H and O–H groups in total. The molecule has 0 spiro atoms. The Kier molecular flexibility index (Phi) is 5.61. The van der Waals surface area contributed by atoms with Gasteiger partial charge in [-0.2, -0.15) is 0 Å². The number of aryl methyl sites for hydroxylation is 2. The molecular formula is C20H21BrN2O3. The van der Waals surface area contributed by atoms with Crippen LogP contribution in [0, 0.1) is 13.8 Å². The van der Waals surface area contributed by atoms with E-state index in [1.165, 1.54) is 0 Å². The summed E-state index contributed by atoms with van der Waals surface area (Å²) < 4.78 is 6.64. The van der Waals surface area contributed by atoms with Gasteiger partial charge in [0, 0.05) is 28.8 Å². The second kappa shape index (κ2) is 7.91. The maximum Gasteiger partial charge on any atom is 0.262 e. The number of carbonyl (C=O) groups is 2. The smallest absolute Gasteiger partial charge is 0.262 e. The van der Waals surface area contributed by atoms with Crippen molar-refractivity contribution in [1.29, 1.82) is 0 Å². The summed E-state index contributed by atoms with van der Waals surface area (Å²) in [6.07, 6.45) is 1.49. The van der Waals surface area contributed by atoms with Crippen LogP contribution >= 0.6 is 15.9 Å². The molecule has 2 aromatic carbocycles. The van der Waals surface area contributed by atoms with Crippen molar-refractivity contribution in [3.8, 4) is 5.75 Å². The van der Waals surface area contributed by atoms with Crippen LogP contribution in [-0.2, 0) is 9.59 Å². The summed E-state index contributed by atoms with van der Waals surface area (Å²) in [5, 5.41) is 2.81. The van der Waals surface area contributed by atoms with Crippen LogP contribution in [0.25, 0.3) is 0 Å². The minimum atomic E-state index is -0.228. The van der Waals surface area contributed by atoms with Gasteiger partial charge in [0.15, 0.2) is 6.61 Å². The maximum absolute atomic E-state index is 12.1. The van der Waals surface area contributed by atoms with Gasteiger partial charge in [0.1, 0.15) is 5.75 Å². The lowest BCUT2D eigenvalue weighted by Gasteiger charge is -2.16. The lowest BCUT2D eigenvalue weighted by atomic mass is 10.1.